The molecule has 7 nitrogen and oxygen atoms in total. The number of phenols is 1. The van der Waals surface area contributed by atoms with Gasteiger partial charge in [-0.2, -0.15) is 8.42 Å². The summed E-state index contributed by atoms with van der Waals surface area (Å²) in [6.45, 7) is 0. The highest BCUT2D eigenvalue weighted by atomic mass is 32.2. The van der Waals surface area contributed by atoms with Gasteiger partial charge in [-0.1, -0.05) is 12.1 Å². The second-order valence-corrected chi connectivity index (χ2v) is 4.94. The first-order valence-electron chi connectivity index (χ1n) is 4.68. The van der Waals surface area contributed by atoms with Gasteiger partial charge in [-0.05, 0) is 11.5 Å². The molecule has 0 spiro atoms. The zero-order valence-electron chi connectivity index (χ0n) is 8.77. The number of nitro benzene ring substituents is 1. The minimum atomic E-state index is -4.67. The van der Waals surface area contributed by atoms with E-state index >= 15 is 0 Å². The first kappa shape index (κ1) is 12.3. The minimum absolute atomic E-state index is 0.150. The summed E-state index contributed by atoms with van der Waals surface area (Å²) in [6.07, 6.45) is 0. The van der Waals surface area contributed by atoms with Crippen LogP contribution in [0, 0.1) is 10.1 Å². The highest BCUT2D eigenvalue weighted by Crippen LogP contribution is 2.34. The molecule has 0 aromatic heterocycles. The van der Waals surface area contributed by atoms with Crippen LogP contribution in [0.4, 0.5) is 5.69 Å². The number of phenolic OH excluding ortho intramolecular Hbond substituents is 1. The van der Waals surface area contributed by atoms with Crippen molar-refractivity contribution in [2.24, 2.45) is 0 Å². The molecule has 2 N–H and O–H groups in total. The molecule has 0 saturated carbocycles. The summed E-state index contributed by atoms with van der Waals surface area (Å²) in [5.74, 6) is -0.407. The van der Waals surface area contributed by atoms with E-state index in [9.17, 15) is 23.6 Å². The van der Waals surface area contributed by atoms with Gasteiger partial charge in [-0.25, -0.2) is 0 Å². The Morgan fingerprint density at radius 2 is 1.89 bits per heavy atom. The van der Waals surface area contributed by atoms with Crippen LogP contribution in [-0.4, -0.2) is 23.0 Å². The molecule has 2 aromatic rings. The quantitative estimate of drug-likeness (QED) is 0.486. The van der Waals surface area contributed by atoms with Crippen molar-refractivity contribution in [1.82, 2.24) is 0 Å². The molecule has 2 aromatic carbocycles. The van der Waals surface area contributed by atoms with Gasteiger partial charge in [-0.15, -0.1) is 0 Å². The molecule has 94 valence electrons. The Morgan fingerprint density at radius 1 is 1.22 bits per heavy atom. The van der Waals surface area contributed by atoms with Gasteiger partial charge in [0, 0.05) is 12.1 Å². The standard InChI is InChI=1S/C10H7NO6S/c12-7-4-6-2-1-3-8(11(13)14)10(6)9(5-7)18(15,16)17/h1-5,12H,(H,15,16,17). The van der Waals surface area contributed by atoms with E-state index in [1.165, 1.54) is 18.2 Å². The summed E-state index contributed by atoms with van der Waals surface area (Å²) < 4.78 is 31.4. The molecule has 0 atom stereocenters. The number of hydrogen-bond acceptors (Lipinski definition) is 5. The molecule has 0 unspecified atom stereocenters. The van der Waals surface area contributed by atoms with Gasteiger partial charge >= 0.3 is 0 Å². The summed E-state index contributed by atoms with van der Waals surface area (Å²) in [5, 5.41) is 20.1. The van der Waals surface area contributed by atoms with Crippen LogP contribution in [0.1, 0.15) is 0 Å². The molecule has 18 heavy (non-hydrogen) atoms. The summed E-state index contributed by atoms with van der Waals surface area (Å²) in [7, 11) is -4.67. The fraction of sp³-hybridized carbons (Fsp3) is 0. The van der Waals surface area contributed by atoms with Gasteiger partial charge in [0.25, 0.3) is 15.8 Å². The predicted octanol–water partition coefficient (Wildman–Crippen LogP) is 1.70. The van der Waals surface area contributed by atoms with Crippen LogP contribution in [0.5, 0.6) is 5.75 Å². The topological polar surface area (TPSA) is 118 Å². The Bertz CT molecular complexity index is 752. The van der Waals surface area contributed by atoms with Gasteiger partial charge in [-0.3, -0.25) is 14.7 Å². The van der Waals surface area contributed by atoms with Crippen molar-refractivity contribution in [2.75, 3.05) is 0 Å². The molecule has 0 bridgehead atoms. The normalized spacial score (nSPS) is 11.6. The van der Waals surface area contributed by atoms with Crippen molar-refractivity contribution < 1.29 is 23.0 Å². The summed E-state index contributed by atoms with van der Waals surface area (Å²) >= 11 is 0. The van der Waals surface area contributed by atoms with E-state index in [1.54, 1.807) is 0 Å². The largest absolute Gasteiger partial charge is 0.508 e. The maximum atomic E-state index is 11.2. The number of nitrogens with zero attached hydrogens (tertiary/aromatic N) is 1. The molecule has 0 amide bonds. The van der Waals surface area contributed by atoms with E-state index in [-0.39, 0.29) is 10.8 Å². The molecule has 8 heteroatoms. The Morgan fingerprint density at radius 3 is 2.44 bits per heavy atom. The lowest BCUT2D eigenvalue weighted by Gasteiger charge is -2.05. The second-order valence-electron chi connectivity index (χ2n) is 3.55. The van der Waals surface area contributed by atoms with Gasteiger partial charge < -0.3 is 5.11 Å². The molecule has 0 aliphatic carbocycles. The number of rotatable bonds is 2. The number of aromatic hydroxyl groups is 1. The zero-order valence-corrected chi connectivity index (χ0v) is 9.59. The molecular formula is C10H7NO6S. The minimum Gasteiger partial charge on any atom is -0.508 e. The fourth-order valence-electron chi connectivity index (χ4n) is 1.71. The maximum absolute atomic E-state index is 11.2. The van der Waals surface area contributed by atoms with E-state index < -0.39 is 31.4 Å². The van der Waals surface area contributed by atoms with Crippen LogP contribution in [0.2, 0.25) is 0 Å². The highest BCUT2D eigenvalue weighted by molar-refractivity contribution is 7.86. The molecule has 0 saturated heterocycles. The monoisotopic (exact) mass is 269 g/mol. The van der Waals surface area contributed by atoms with Crippen molar-refractivity contribution in [3.8, 4) is 5.75 Å². The van der Waals surface area contributed by atoms with Crippen molar-refractivity contribution >= 4 is 26.6 Å². The van der Waals surface area contributed by atoms with E-state index in [1.807, 2.05) is 0 Å². The second kappa shape index (κ2) is 3.93. The maximum Gasteiger partial charge on any atom is 0.295 e. The lowest BCUT2D eigenvalue weighted by atomic mass is 10.1. The Hall–Kier alpha value is -2.19. The van der Waals surface area contributed by atoms with Crippen molar-refractivity contribution in [3.05, 3.63) is 40.4 Å². The lowest BCUT2D eigenvalue weighted by molar-refractivity contribution is -0.383. The number of non-ortho nitro benzene ring substituents is 1. The molecule has 0 fully saturated rings. The SMILES string of the molecule is O=[N+]([O-])c1cccc2cc(O)cc(S(=O)(=O)O)c12. The molecule has 0 heterocycles. The van der Waals surface area contributed by atoms with Crippen LogP contribution in [0.15, 0.2) is 35.2 Å². The van der Waals surface area contributed by atoms with Crippen molar-refractivity contribution in [1.29, 1.82) is 0 Å². The third kappa shape index (κ3) is 1.98. The number of fused-ring (bicyclic) bond motifs is 1. The summed E-state index contributed by atoms with van der Waals surface area (Å²) in [5.41, 5.74) is -0.458. The first-order valence-corrected chi connectivity index (χ1v) is 6.12. The average Bonchev–Trinajstić information content (AvgIpc) is 2.25. The van der Waals surface area contributed by atoms with E-state index in [0.717, 1.165) is 12.1 Å². The van der Waals surface area contributed by atoms with Crippen LogP contribution >= 0.6 is 0 Å². The Labute approximate surface area is 101 Å². The summed E-state index contributed by atoms with van der Waals surface area (Å²) in [6, 6.07) is 5.82. The average molecular weight is 269 g/mol. The zero-order chi connectivity index (χ0) is 13.5. The van der Waals surface area contributed by atoms with Gasteiger partial charge in [0.1, 0.15) is 10.6 Å². The predicted molar refractivity (Wildman–Crippen MR) is 62.1 cm³/mol. The van der Waals surface area contributed by atoms with E-state index in [4.69, 9.17) is 4.55 Å². The summed E-state index contributed by atoms with van der Waals surface area (Å²) in [4.78, 5) is 9.40. The van der Waals surface area contributed by atoms with Crippen molar-refractivity contribution in [3.63, 3.8) is 0 Å². The smallest absolute Gasteiger partial charge is 0.295 e. The van der Waals surface area contributed by atoms with Gasteiger partial charge in [0.2, 0.25) is 0 Å². The van der Waals surface area contributed by atoms with E-state index in [2.05, 4.69) is 0 Å². The Balaban J connectivity index is 3.05. The molecule has 0 radical (unpaired) electrons. The fourth-order valence-corrected chi connectivity index (χ4v) is 2.46. The molecule has 2 rings (SSSR count). The first-order chi connectivity index (χ1) is 8.30. The van der Waals surface area contributed by atoms with E-state index in [0.29, 0.717) is 0 Å². The lowest BCUT2D eigenvalue weighted by Crippen LogP contribution is -2.01. The van der Waals surface area contributed by atoms with Crippen LogP contribution < -0.4 is 0 Å². The third-order valence-electron chi connectivity index (χ3n) is 2.38. The van der Waals surface area contributed by atoms with Crippen molar-refractivity contribution in [2.45, 2.75) is 4.90 Å². The molecule has 0 aliphatic heterocycles. The van der Waals surface area contributed by atoms with Gasteiger partial charge in [0.05, 0.1) is 10.3 Å². The number of nitro groups is 1. The van der Waals surface area contributed by atoms with Crippen LogP contribution in [0.25, 0.3) is 10.8 Å². The molecule has 0 aliphatic rings. The number of hydrogen-bond donors (Lipinski definition) is 2. The van der Waals surface area contributed by atoms with Crippen LogP contribution in [0.3, 0.4) is 0 Å². The highest BCUT2D eigenvalue weighted by Gasteiger charge is 2.22. The molecular weight excluding hydrogens is 262 g/mol. The Kier molecular flexibility index (Phi) is 2.68. The van der Waals surface area contributed by atoms with Gasteiger partial charge in [0.15, 0.2) is 0 Å². The van der Waals surface area contributed by atoms with Crippen LogP contribution in [-0.2, 0) is 10.1 Å². The number of benzene rings is 2. The third-order valence-corrected chi connectivity index (χ3v) is 3.26.